The molecule has 6 nitrogen and oxygen atoms in total. The third-order valence-corrected chi connectivity index (χ3v) is 3.49. The summed E-state index contributed by atoms with van der Waals surface area (Å²) in [6, 6.07) is 9.77. The van der Waals surface area contributed by atoms with Crippen LogP contribution in [0.5, 0.6) is 0 Å². The molecule has 98 valence electrons. The highest BCUT2D eigenvalue weighted by Crippen LogP contribution is 2.18. The van der Waals surface area contributed by atoms with E-state index in [0.29, 0.717) is 21.7 Å². The van der Waals surface area contributed by atoms with Crippen molar-refractivity contribution in [3.63, 3.8) is 0 Å². The van der Waals surface area contributed by atoms with Crippen molar-refractivity contribution in [1.29, 1.82) is 0 Å². The van der Waals surface area contributed by atoms with Crippen LogP contribution in [-0.2, 0) is 0 Å². The zero-order chi connectivity index (χ0) is 13.7. The van der Waals surface area contributed by atoms with Crippen molar-refractivity contribution in [3.8, 4) is 11.3 Å². The van der Waals surface area contributed by atoms with Crippen LogP contribution >= 0.6 is 15.9 Å². The number of H-pyrrole nitrogens is 2. The van der Waals surface area contributed by atoms with E-state index in [1.165, 1.54) is 4.40 Å². The number of halogens is 1. The van der Waals surface area contributed by atoms with Crippen LogP contribution in [0.25, 0.3) is 28.2 Å². The highest BCUT2D eigenvalue weighted by atomic mass is 79.9. The molecule has 0 saturated carbocycles. The zero-order valence-corrected chi connectivity index (χ0v) is 11.7. The van der Waals surface area contributed by atoms with Crippen molar-refractivity contribution in [1.82, 2.24) is 24.3 Å². The summed E-state index contributed by atoms with van der Waals surface area (Å²) >= 11 is 3.21. The number of rotatable bonds is 1. The molecular formula is C13H8BrN5O. The summed E-state index contributed by atoms with van der Waals surface area (Å²) in [7, 11) is 0. The van der Waals surface area contributed by atoms with Crippen molar-refractivity contribution < 1.29 is 0 Å². The molecule has 4 rings (SSSR count). The Morgan fingerprint density at radius 2 is 1.90 bits per heavy atom. The first-order valence-electron chi connectivity index (χ1n) is 5.94. The van der Waals surface area contributed by atoms with E-state index in [1.54, 1.807) is 6.20 Å². The topological polar surface area (TPSA) is 78.8 Å². The molecule has 0 saturated heterocycles. The predicted molar refractivity (Wildman–Crippen MR) is 78.6 cm³/mol. The van der Waals surface area contributed by atoms with Gasteiger partial charge in [0.25, 0.3) is 5.56 Å². The number of nitrogens with one attached hydrogen (secondary N) is 2. The molecule has 0 amide bonds. The van der Waals surface area contributed by atoms with Crippen LogP contribution in [0.2, 0.25) is 0 Å². The number of aromatic nitrogens is 5. The Balaban J connectivity index is 2.05. The molecule has 0 aliphatic rings. The van der Waals surface area contributed by atoms with Gasteiger partial charge >= 0.3 is 0 Å². The largest absolute Gasteiger partial charge is 0.327 e. The third-order valence-electron chi connectivity index (χ3n) is 3.12. The van der Waals surface area contributed by atoms with Gasteiger partial charge in [-0.25, -0.2) is 9.38 Å². The van der Waals surface area contributed by atoms with Gasteiger partial charge in [-0.2, -0.15) is 4.98 Å². The fraction of sp³-hybridized carbons (Fsp3) is 0. The maximum absolute atomic E-state index is 12.4. The number of hydrogen-bond acceptors (Lipinski definition) is 3. The minimum absolute atomic E-state index is 0.179. The second-order valence-corrected chi connectivity index (χ2v) is 5.12. The van der Waals surface area contributed by atoms with Gasteiger partial charge in [0.15, 0.2) is 15.9 Å². The second-order valence-electron chi connectivity index (χ2n) is 4.37. The number of fused-ring (bicyclic) bond motifs is 2. The monoisotopic (exact) mass is 329 g/mol. The van der Waals surface area contributed by atoms with E-state index >= 15 is 0 Å². The van der Waals surface area contributed by atoms with E-state index in [0.717, 1.165) is 11.3 Å². The average Bonchev–Trinajstić information content (AvgIpc) is 3.03. The number of benzene rings is 1. The van der Waals surface area contributed by atoms with Crippen LogP contribution in [0.3, 0.4) is 0 Å². The van der Waals surface area contributed by atoms with Gasteiger partial charge in [0, 0.05) is 6.20 Å². The molecule has 0 unspecified atom stereocenters. The van der Waals surface area contributed by atoms with Crippen LogP contribution in [0.15, 0.2) is 46.1 Å². The van der Waals surface area contributed by atoms with E-state index < -0.39 is 0 Å². The zero-order valence-electron chi connectivity index (χ0n) is 10.1. The quantitative estimate of drug-likeness (QED) is 0.526. The predicted octanol–water partition coefficient (Wildman–Crippen LogP) is 2.33. The fourth-order valence-electron chi connectivity index (χ4n) is 2.19. The SMILES string of the molecule is O=c1c2[nH]c(Br)nc2nc2[nH]c(-c3ccccc3)cn12. The number of hydrogen-bond donors (Lipinski definition) is 2. The lowest BCUT2D eigenvalue weighted by Crippen LogP contribution is -2.13. The summed E-state index contributed by atoms with van der Waals surface area (Å²) in [4.78, 5) is 26.8. The van der Waals surface area contributed by atoms with E-state index in [-0.39, 0.29) is 5.56 Å². The molecule has 4 aromatic rings. The fourth-order valence-corrected chi connectivity index (χ4v) is 2.56. The molecule has 1 aromatic carbocycles. The van der Waals surface area contributed by atoms with Crippen molar-refractivity contribution in [3.05, 3.63) is 51.6 Å². The second kappa shape index (κ2) is 4.04. The number of aromatic amines is 2. The summed E-state index contributed by atoms with van der Waals surface area (Å²) in [5.41, 5.74) is 2.43. The Bertz CT molecular complexity index is 983. The van der Waals surface area contributed by atoms with E-state index in [1.807, 2.05) is 30.3 Å². The van der Waals surface area contributed by atoms with E-state index in [4.69, 9.17) is 0 Å². The summed E-state index contributed by atoms with van der Waals surface area (Å²) < 4.78 is 1.98. The van der Waals surface area contributed by atoms with Crippen molar-refractivity contribution >= 4 is 32.9 Å². The normalized spacial score (nSPS) is 11.4. The smallest absolute Gasteiger partial charge is 0.285 e. The molecule has 3 aromatic heterocycles. The highest BCUT2D eigenvalue weighted by Gasteiger charge is 2.12. The molecule has 0 aliphatic heterocycles. The molecule has 0 fully saturated rings. The maximum Gasteiger partial charge on any atom is 0.285 e. The van der Waals surface area contributed by atoms with Gasteiger partial charge in [0.2, 0.25) is 5.78 Å². The van der Waals surface area contributed by atoms with Gasteiger partial charge in [0.1, 0.15) is 0 Å². The minimum Gasteiger partial charge on any atom is -0.327 e. The summed E-state index contributed by atoms with van der Waals surface area (Å²) in [6.45, 7) is 0. The third kappa shape index (κ3) is 1.60. The standard InChI is InChI=1S/C13H8BrN5O/c14-12-16-9-10(17-12)18-13-15-8(6-19(13)11(9)20)7-4-2-1-3-5-7/h1-6H,(H,15,18)(H,16,17). The van der Waals surface area contributed by atoms with E-state index in [9.17, 15) is 4.79 Å². The lowest BCUT2D eigenvalue weighted by Gasteiger charge is -1.93. The molecule has 0 atom stereocenters. The Hall–Kier alpha value is -2.41. The van der Waals surface area contributed by atoms with Crippen LogP contribution < -0.4 is 5.56 Å². The van der Waals surface area contributed by atoms with Gasteiger partial charge in [-0.3, -0.25) is 4.79 Å². The van der Waals surface area contributed by atoms with Crippen LogP contribution in [0, 0.1) is 0 Å². The van der Waals surface area contributed by atoms with Crippen LogP contribution in [0.1, 0.15) is 0 Å². The van der Waals surface area contributed by atoms with Gasteiger partial charge < -0.3 is 9.97 Å². The maximum atomic E-state index is 12.4. The van der Waals surface area contributed by atoms with Crippen molar-refractivity contribution in [2.45, 2.75) is 0 Å². The molecule has 20 heavy (non-hydrogen) atoms. The Labute approximate surface area is 120 Å². The lowest BCUT2D eigenvalue weighted by atomic mass is 10.2. The number of nitrogens with zero attached hydrogens (tertiary/aromatic N) is 3. The molecule has 0 aliphatic carbocycles. The van der Waals surface area contributed by atoms with Gasteiger partial charge in [-0.1, -0.05) is 30.3 Å². The first kappa shape index (κ1) is 11.4. The van der Waals surface area contributed by atoms with Gasteiger partial charge in [-0.05, 0) is 21.5 Å². The summed E-state index contributed by atoms with van der Waals surface area (Å²) in [5, 5.41) is 0. The van der Waals surface area contributed by atoms with Crippen LogP contribution in [-0.4, -0.2) is 24.3 Å². The van der Waals surface area contributed by atoms with Gasteiger partial charge in [-0.15, -0.1) is 0 Å². The Morgan fingerprint density at radius 1 is 1.10 bits per heavy atom. The Kier molecular flexibility index (Phi) is 2.31. The first-order chi connectivity index (χ1) is 9.72. The molecule has 0 radical (unpaired) electrons. The van der Waals surface area contributed by atoms with Crippen molar-refractivity contribution in [2.24, 2.45) is 0 Å². The molecule has 2 N–H and O–H groups in total. The lowest BCUT2D eigenvalue weighted by molar-refractivity contribution is 1.08. The summed E-state index contributed by atoms with van der Waals surface area (Å²) in [5.74, 6) is 0.473. The Morgan fingerprint density at radius 3 is 2.70 bits per heavy atom. The molecule has 0 spiro atoms. The highest BCUT2D eigenvalue weighted by molar-refractivity contribution is 9.10. The first-order valence-corrected chi connectivity index (χ1v) is 6.74. The van der Waals surface area contributed by atoms with Crippen molar-refractivity contribution in [2.75, 3.05) is 0 Å². The molecule has 7 heteroatoms. The molecular weight excluding hydrogens is 322 g/mol. The minimum atomic E-state index is -0.179. The molecule has 3 heterocycles. The number of imidazole rings is 2. The average molecular weight is 330 g/mol. The van der Waals surface area contributed by atoms with Gasteiger partial charge in [0.05, 0.1) is 5.69 Å². The van der Waals surface area contributed by atoms with Crippen LogP contribution in [0.4, 0.5) is 0 Å². The summed E-state index contributed by atoms with van der Waals surface area (Å²) in [6.07, 6.45) is 1.74. The van der Waals surface area contributed by atoms with E-state index in [2.05, 4.69) is 35.9 Å². The molecule has 0 bridgehead atoms.